The largest absolute Gasteiger partial charge is 0.512 e. The molecular weight excluding hydrogens is 272 g/mol. The average Bonchev–Trinajstić information content (AvgIpc) is 2.95. The van der Waals surface area contributed by atoms with Crippen LogP contribution in [0.3, 0.4) is 0 Å². The van der Waals surface area contributed by atoms with E-state index in [2.05, 4.69) is 24.8 Å². The van der Waals surface area contributed by atoms with E-state index in [0.717, 1.165) is 0 Å². The zero-order valence-electron chi connectivity index (χ0n) is 9.22. The molecule has 3 aromatic heterocycles. The lowest BCUT2D eigenvalue weighted by molar-refractivity contribution is 0.143. The van der Waals surface area contributed by atoms with E-state index in [4.69, 9.17) is 10.8 Å². The van der Waals surface area contributed by atoms with Crippen LogP contribution in [0.4, 0.5) is 10.6 Å². The molecule has 0 fully saturated rings. The maximum atomic E-state index is 10.4. The van der Waals surface area contributed by atoms with Gasteiger partial charge in [0.1, 0.15) is 12.1 Å². The highest BCUT2D eigenvalue weighted by Crippen LogP contribution is 2.24. The van der Waals surface area contributed by atoms with Crippen molar-refractivity contribution in [2.24, 2.45) is 0 Å². The fourth-order valence-electron chi connectivity index (χ4n) is 1.49. The van der Waals surface area contributed by atoms with Gasteiger partial charge in [0.05, 0.1) is 17.0 Å². The van der Waals surface area contributed by atoms with Crippen LogP contribution < -0.4 is 10.5 Å². The highest BCUT2D eigenvalue weighted by molar-refractivity contribution is 7.12. The highest BCUT2D eigenvalue weighted by Gasteiger charge is 2.13. The maximum Gasteiger partial charge on any atom is 0.512 e. The molecule has 0 atom stereocenters. The van der Waals surface area contributed by atoms with Crippen LogP contribution in [0.1, 0.15) is 0 Å². The number of hydrogen-bond donors (Lipinski definition) is 2. The molecule has 10 heteroatoms. The number of rotatable bonds is 2. The quantitative estimate of drug-likeness (QED) is 0.661. The topological polar surface area (TPSA) is 129 Å². The predicted molar refractivity (Wildman–Crippen MR) is 65.4 cm³/mol. The second-order valence-electron chi connectivity index (χ2n) is 3.39. The van der Waals surface area contributed by atoms with Crippen molar-refractivity contribution in [2.75, 3.05) is 5.73 Å². The Morgan fingerprint density at radius 3 is 3.11 bits per heavy atom. The number of hydrogen-bond acceptors (Lipinski definition) is 8. The van der Waals surface area contributed by atoms with Gasteiger partial charge in [-0.15, -0.1) is 0 Å². The standard InChI is InChI=1S/C9H6N6O3S/c10-6-4-1-13-15(7(4)12-3-11-6)8-14-5(2-19-8)18-9(16)17/h1-3H,(H,16,17)(H2,10,11,12). The molecule has 0 aliphatic rings. The number of aromatic nitrogens is 5. The molecule has 3 N–H and O–H groups in total. The summed E-state index contributed by atoms with van der Waals surface area (Å²) in [6.45, 7) is 0. The maximum absolute atomic E-state index is 10.4. The fraction of sp³-hybridized carbons (Fsp3) is 0. The lowest BCUT2D eigenvalue weighted by atomic mass is 10.4. The first-order valence-electron chi connectivity index (χ1n) is 4.96. The molecule has 0 amide bonds. The zero-order chi connectivity index (χ0) is 13.4. The van der Waals surface area contributed by atoms with Crippen LogP contribution in [-0.4, -0.2) is 36.0 Å². The Hall–Kier alpha value is -2.75. The van der Waals surface area contributed by atoms with E-state index in [-0.39, 0.29) is 5.88 Å². The molecule has 3 aromatic rings. The molecule has 0 aliphatic carbocycles. The van der Waals surface area contributed by atoms with Crippen molar-refractivity contribution >= 4 is 34.3 Å². The minimum atomic E-state index is -1.42. The van der Waals surface area contributed by atoms with Crippen LogP contribution >= 0.6 is 11.3 Å². The van der Waals surface area contributed by atoms with Crippen molar-refractivity contribution in [1.82, 2.24) is 24.7 Å². The van der Waals surface area contributed by atoms with E-state index in [1.165, 1.54) is 33.9 Å². The third-order valence-electron chi connectivity index (χ3n) is 2.24. The number of anilines is 1. The molecule has 3 heterocycles. The Bertz CT molecular complexity index is 766. The minimum Gasteiger partial charge on any atom is -0.449 e. The van der Waals surface area contributed by atoms with E-state index in [0.29, 0.717) is 22.0 Å². The average molecular weight is 278 g/mol. The van der Waals surface area contributed by atoms with Crippen molar-refractivity contribution in [2.45, 2.75) is 0 Å². The lowest BCUT2D eigenvalue weighted by Gasteiger charge is -1.97. The van der Waals surface area contributed by atoms with Crippen LogP contribution in [0.15, 0.2) is 17.9 Å². The third kappa shape index (κ3) is 1.93. The zero-order valence-corrected chi connectivity index (χ0v) is 10.0. The summed E-state index contributed by atoms with van der Waals surface area (Å²) in [7, 11) is 0. The van der Waals surface area contributed by atoms with Crippen LogP contribution in [0, 0.1) is 0 Å². The lowest BCUT2D eigenvalue weighted by Crippen LogP contribution is -2.04. The van der Waals surface area contributed by atoms with Crippen molar-refractivity contribution in [3.8, 4) is 11.0 Å². The molecule has 0 aliphatic heterocycles. The third-order valence-corrected chi connectivity index (χ3v) is 3.04. The number of nitrogens with zero attached hydrogens (tertiary/aromatic N) is 5. The first kappa shape index (κ1) is 11.3. The van der Waals surface area contributed by atoms with Crippen LogP contribution in [0.2, 0.25) is 0 Å². The minimum absolute atomic E-state index is 0.0156. The van der Waals surface area contributed by atoms with Crippen LogP contribution in [-0.2, 0) is 0 Å². The van der Waals surface area contributed by atoms with Crippen LogP contribution in [0.5, 0.6) is 5.88 Å². The molecule has 0 saturated heterocycles. The fourth-order valence-corrected chi connectivity index (χ4v) is 2.17. The van der Waals surface area contributed by atoms with E-state index in [9.17, 15) is 4.79 Å². The summed E-state index contributed by atoms with van der Waals surface area (Å²) in [5.41, 5.74) is 6.18. The molecule has 19 heavy (non-hydrogen) atoms. The van der Waals surface area contributed by atoms with Gasteiger partial charge in [-0.1, -0.05) is 11.3 Å². The summed E-state index contributed by atoms with van der Waals surface area (Å²) < 4.78 is 5.88. The van der Waals surface area contributed by atoms with E-state index in [1.807, 2.05) is 0 Å². The number of ether oxygens (including phenoxy) is 1. The monoisotopic (exact) mass is 278 g/mol. The van der Waals surface area contributed by atoms with Gasteiger partial charge in [-0.3, -0.25) is 0 Å². The van der Waals surface area contributed by atoms with Crippen molar-refractivity contribution < 1.29 is 14.6 Å². The second-order valence-corrected chi connectivity index (χ2v) is 4.23. The number of thiazole rings is 1. The summed E-state index contributed by atoms with van der Waals surface area (Å²) in [5.74, 6) is 0.299. The molecule has 3 rings (SSSR count). The van der Waals surface area contributed by atoms with E-state index in [1.54, 1.807) is 0 Å². The Kier molecular flexibility index (Phi) is 2.49. The first-order valence-corrected chi connectivity index (χ1v) is 5.84. The van der Waals surface area contributed by atoms with Gasteiger partial charge < -0.3 is 15.6 Å². The Labute approximate surface area is 109 Å². The van der Waals surface area contributed by atoms with E-state index < -0.39 is 6.16 Å². The summed E-state index contributed by atoms with van der Waals surface area (Å²) >= 11 is 1.17. The molecule has 0 bridgehead atoms. The molecule has 0 unspecified atom stereocenters. The number of carbonyl (C=O) groups is 1. The van der Waals surface area contributed by atoms with Gasteiger partial charge in [0.2, 0.25) is 11.0 Å². The molecule has 0 aromatic carbocycles. The molecule has 0 saturated carbocycles. The normalized spacial score (nSPS) is 10.7. The van der Waals surface area contributed by atoms with Crippen molar-refractivity contribution in [3.63, 3.8) is 0 Å². The number of fused-ring (bicyclic) bond motifs is 1. The van der Waals surface area contributed by atoms with Crippen LogP contribution in [0.25, 0.3) is 16.2 Å². The van der Waals surface area contributed by atoms with Crippen molar-refractivity contribution in [1.29, 1.82) is 0 Å². The molecule has 0 spiro atoms. The van der Waals surface area contributed by atoms with Gasteiger partial charge >= 0.3 is 6.16 Å². The van der Waals surface area contributed by atoms with Gasteiger partial charge in [0, 0.05) is 0 Å². The van der Waals surface area contributed by atoms with Gasteiger partial charge in [-0.05, 0) is 0 Å². The molecule has 0 radical (unpaired) electrons. The summed E-state index contributed by atoms with van der Waals surface area (Å²) in [5, 5.41) is 15.1. The van der Waals surface area contributed by atoms with Crippen molar-refractivity contribution in [3.05, 3.63) is 17.9 Å². The Morgan fingerprint density at radius 1 is 1.47 bits per heavy atom. The number of carboxylic acid groups (broad SMARTS) is 1. The molecule has 9 nitrogen and oxygen atoms in total. The SMILES string of the molecule is Nc1ncnc2c1cnn2-c1nc(OC(=O)O)cs1. The second kappa shape index (κ2) is 4.17. The highest BCUT2D eigenvalue weighted by atomic mass is 32.1. The summed E-state index contributed by atoms with van der Waals surface area (Å²) in [6.07, 6.45) is 1.41. The summed E-state index contributed by atoms with van der Waals surface area (Å²) in [6, 6.07) is 0. The van der Waals surface area contributed by atoms with Gasteiger partial charge in [0.15, 0.2) is 5.65 Å². The predicted octanol–water partition coefficient (Wildman–Crippen LogP) is 0.911. The first-order chi connectivity index (χ1) is 9.15. The van der Waals surface area contributed by atoms with Gasteiger partial charge in [-0.2, -0.15) is 14.8 Å². The molecule has 96 valence electrons. The Balaban J connectivity index is 2.07. The molecular formula is C9H6N6O3S. The number of nitrogens with two attached hydrogens (primary N) is 1. The Morgan fingerprint density at radius 2 is 2.32 bits per heavy atom. The van der Waals surface area contributed by atoms with Gasteiger partial charge in [0.25, 0.3) is 0 Å². The summed E-state index contributed by atoms with van der Waals surface area (Å²) in [4.78, 5) is 22.3. The van der Waals surface area contributed by atoms with Gasteiger partial charge in [-0.25, -0.2) is 14.8 Å². The number of nitrogen functional groups attached to an aromatic ring is 1. The van der Waals surface area contributed by atoms with E-state index >= 15 is 0 Å². The smallest absolute Gasteiger partial charge is 0.449 e.